The average molecular weight is 347 g/mol. The van der Waals surface area contributed by atoms with Gasteiger partial charge in [0.15, 0.2) is 5.78 Å². The molecule has 0 atom stereocenters. The molecule has 6 nitrogen and oxygen atoms in total. The molecule has 0 fully saturated rings. The van der Waals surface area contributed by atoms with Crippen molar-refractivity contribution in [2.75, 3.05) is 6.61 Å². The Bertz CT molecular complexity index is 1050. The van der Waals surface area contributed by atoms with E-state index in [1.807, 2.05) is 6.07 Å². The number of hydrogen-bond acceptors (Lipinski definition) is 5. The first-order chi connectivity index (χ1) is 12.6. The molecule has 0 N–H and O–H groups in total. The summed E-state index contributed by atoms with van der Waals surface area (Å²) in [5.74, 6) is 1.45. The van der Waals surface area contributed by atoms with E-state index in [0.29, 0.717) is 34.0 Å². The van der Waals surface area contributed by atoms with Crippen LogP contribution in [0.2, 0.25) is 0 Å². The van der Waals surface area contributed by atoms with E-state index in [4.69, 9.17) is 9.15 Å². The van der Waals surface area contributed by atoms with Crippen molar-refractivity contribution in [3.63, 3.8) is 0 Å². The quantitative estimate of drug-likeness (QED) is 0.395. The minimum atomic E-state index is -0.454. The van der Waals surface area contributed by atoms with Gasteiger partial charge in [-0.2, -0.15) is 0 Å². The molecule has 1 aliphatic rings. The molecular formula is C20H13NO5. The zero-order valence-electron chi connectivity index (χ0n) is 13.5. The summed E-state index contributed by atoms with van der Waals surface area (Å²) in [6, 6.07) is 16.7. The first-order valence-corrected chi connectivity index (χ1v) is 7.93. The van der Waals surface area contributed by atoms with Gasteiger partial charge in [-0.1, -0.05) is 24.3 Å². The van der Waals surface area contributed by atoms with Gasteiger partial charge in [0.05, 0.1) is 10.5 Å². The molecule has 3 aromatic rings. The lowest BCUT2D eigenvalue weighted by Gasteiger charge is -2.18. The van der Waals surface area contributed by atoms with Gasteiger partial charge in [0.2, 0.25) is 0 Å². The highest BCUT2D eigenvalue weighted by atomic mass is 16.6. The van der Waals surface area contributed by atoms with Crippen molar-refractivity contribution in [1.82, 2.24) is 0 Å². The Morgan fingerprint density at radius 2 is 1.88 bits per heavy atom. The fraction of sp³-hybridized carbons (Fsp3) is 0.0500. The Labute approximate surface area is 148 Å². The Hall–Kier alpha value is -3.67. The number of carbonyl (C=O) groups is 1. The number of fused-ring (bicyclic) bond motifs is 1. The Morgan fingerprint density at radius 1 is 1.04 bits per heavy atom. The number of hydrogen-bond donors (Lipinski definition) is 0. The maximum atomic E-state index is 12.6. The van der Waals surface area contributed by atoms with Crippen molar-refractivity contribution >= 4 is 17.5 Å². The van der Waals surface area contributed by atoms with Gasteiger partial charge >= 0.3 is 0 Å². The number of nitrogens with zero attached hydrogens (tertiary/aromatic N) is 1. The fourth-order valence-electron chi connectivity index (χ4n) is 2.81. The number of ketones is 1. The number of non-ortho nitro benzene ring substituents is 1. The van der Waals surface area contributed by atoms with Crippen molar-refractivity contribution in [1.29, 1.82) is 0 Å². The van der Waals surface area contributed by atoms with Gasteiger partial charge in [-0.15, -0.1) is 0 Å². The van der Waals surface area contributed by atoms with Crippen molar-refractivity contribution in [3.8, 4) is 17.1 Å². The third-order valence-electron chi connectivity index (χ3n) is 4.09. The summed E-state index contributed by atoms with van der Waals surface area (Å²) in [5, 5.41) is 10.9. The summed E-state index contributed by atoms with van der Waals surface area (Å²) in [6.07, 6.45) is 1.64. The number of benzene rings is 2. The number of rotatable bonds is 3. The van der Waals surface area contributed by atoms with Gasteiger partial charge in [0.25, 0.3) is 5.69 Å². The number of nitro benzene ring substituents is 1. The molecule has 4 rings (SSSR count). The Kier molecular flexibility index (Phi) is 3.85. The number of nitro groups is 1. The van der Waals surface area contributed by atoms with E-state index in [9.17, 15) is 14.9 Å². The molecule has 128 valence electrons. The summed E-state index contributed by atoms with van der Waals surface area (Å²) < 4.78 is 11.3. The lowest BCUT2D eigenvalue weighted by atomic mass is 10.00. The maximum absolute atomic E-state index is 12.6. The van der Waals surface area contributed by atoms with Crippen LogP contribution in [0.25, 0.3) is 17.4 Å². The molecule has 2 aromatic carbocycles. The van der Waals surface area contributed by atoms with Crippen LogP contribution in [0.5, 0.6) is 5.75 Å². The van der Waals surface area contributed by atoms with E-state index < -0.39 is 4.92 Å². The highest BCUT2D eigenvalue weighted by molar-refractivity contribution is 6.13. The predicted molar refractivity (Wildman–Crippen MR) is 95.0 cm³/mol. The van der Waals surface area contributed by atoms with Crippen molar-refractivity contribution < 1.29 is 18.9 Å². The third-order valence-corrected chi connectivity index (χ3v) is 4.09. The summed E-state index contributed by atoms with van der Waals surface area (Å²) in [4.78, 5) is 23.0. The first kappa shape index (κ1) is 15.8. The van der Waals surface area contributed by atoms with Gasteiger partial charge in [0.1, 0.15) is 23.9 Å². The third kappa shape index (κ3) is 2.88. The lowest BCUT2D eigenvalue weighted by Crippen LogP contribution is -2.18. The van der Waals surface area contributed by atoms with Crippen LogP contribution in [0, 0.1) is 10.1 Å². The summed E-state index contributed by atoms with van der Waals surface area (Å²) in [7, 11) is 0. The van der Waals surface area contributed by atoms with E-state index in [2.05, 4.69) is 0 Å². The van der Waals surface area contributed by atoms with Gasteiger partial charge < -0.3 is 9.15 Å². The highest BCUT2D eigenvalue weighted by Crippen LogP contribution is 2.30. The fourth-order valence-corrected chi connectivity index (χ4v) is 2.81. The van der Waals surface area contributed by atoms with Crippen molar-refractivity contribution in [3.05, 3.63) is 87.7 Å². The SMILES string of the molecule is O=C1C(=Cc2ccc(-c3cccc([N+](=O)[O-])c3)o2)COc2ccccc21. The highest BCUT2D eigenvalue weighted by Gasteiger charge is 2.23. The maximum Gasteiger partial charge on any atom is 0.270 e. The zero-order valence-corrected chi connectivity index (χ0v) is 13.5. The van der Waals surface area contributed by atoms with Crippen molar-refractivity contribution in [2.45, 2.75) is 0 Å². The second kappa shape index (κ2) is 6.33. The average Bonchev–Trinajstić information content (AvgIpc) is 3.13. The van der Waals surface area contributed by atoms with Crippen LogP contribution in [-0.4, -0.2) is 17.3 Å². The van der Waals surface area contributed by atoms with Crippen LogP contribution < -0.4 is 4.74 Å². The Morgan fingerprint density at radius 3 is 2.73 bits per heavy atom. The summed E-state index contributed by atoms with van der Waals surface area (Å²) in [6.45, 7) is 0.169. The van der Waals surface area contributed by atoms with E-state index in [1.54, 1.807) is 48.5 Å². The molecular weight excluding hydrogens is 334 g/mol. The number of Topliss-reactive ketones (excluding diaryl/α,β-unsaturated/α-hetero) is 1. The van der Waals surface area contributed by atoms with Gasteiger partial charge in [-0.3, -0.25) is 14.9 Å². The van der Waals surface area contributed by atoms with Gasteiger partial charge in [-0.25, -0.2) is 0 Å². The summed E-state index contributed by atoms with van der Waals surface area (Å²) >= 11 is 0. The molecule has 0 amide bonds. The topological polar surface area (TPSA) is 82.6 Å². The Balaban J connectivity index is 1.63. The van der Waals surface area contributed by atoms with Crippen LogP contribution in [0.15, 0.2) is 70.7 Å². The van der Waals surface area contributed by atoms with E-state index in [-0.39, 0.29) is 18.1 Å². The number of ether oxygens (including phenoxy) is 1. The second-order valence-corrected chi connectivity index (χ2v) is 5.79. The standard InChI is InChI=1S/C20H13NO5/c22-20-14(12-25-19-7-2-1-6-17(19)20)11-16-8-9-18(26-16)13-4-3-5-15(10-13)21(23)24/h1-11H,12H2. The second-order valence-electron chi connectivity index (χ2n) is 5.79. The van der Waals surface area contributed by atoms with Crippen molar-refractivity contribution in [2.24, 2.45) is 0 Å². The lowest BCUT2D eigenvalue weighted by molar-refractivity contribution is -0.384. The number of carbonyl (C=O) groups excluding carboxylic acids is 1. The smallest absolute Gasteiger partial charge is 0.270 e. The number of para-hydroxylation sites is 1. The molecule has 0 saturated carbocycles. The molecule has 1 aromatic heterocycles. The molecule has 2 heterocycles. The summed E-state index contributed by atoms with van der Waals surface area (Å²) in [5.41, 5.74) is 1.60. The minimum Gasteiger partial charge on any atom is -0.488 e. The minimum absolute atomic E-state index is 0.00808. The molecule has 0 unspecified atom stereocenters. The molecule has 0 bridgehead atoms. The molecule has 6 heteroatoms. The van der Waals surface area contributed by atoms with Crippen LogP contribution >= 0.6 is 0 Å². The van der Waals surface area contributed by atoms with E-state index in [1.165, 1.54) is 12.1 Å². The van der Waals surface area contributed by atoms with Gasteiger partial charge in [-0.05, 0) is 30.3 Å². The molecule has 0 saturated heterocycles. The monoisotopic (exact) mass is 347 g/mol. The number of furan rings is 1. The van der Waals surface area contributed by atoms with Crippen LogP contribution in [0.1, 0.15) is 16.1 Å². The predicted octanol–water partition coefficient (Wildman–Crippen LogP) is 4.51. The first-order valence-electron chi connectivity index (χ1n) is 7.93. The normalized spacial score (nSPS) is 14.8. The molecule has 0 aliphatic carbocycles. The molecule has 1 aliphatic heterocycles. The molecule has 26 heavy (non-hydrogen) atoms. The largest absolute Gasteiger partial charge is 0.488 e. The van der Waals surface area contributed by atoms with E-state index in [0.717, 1.165) is 0 Å². The van der Waals surface area contributed by atoms with Gasteiger partial charge in [0, 0.05) is 23.3 Å². The zero-order chi connectivity index (χ0) is 18.1. The van der Waals surface area contributed by atoms with Crippen LogP contribution in [-0.2, 0) is 0 Å². The molecule has 0 spiro atoms. The molecule has 0 radical (unpaired) electrons. The van der Waals surface area contributed by atoms with E-state index >= 15 is 0 Å². The van der Waals surface area contributed by atoms with Crippen LogP contribution in [0.4, 0.5) is 5.69 Å². The van der Waals surface area contributed by atoms with Crippen LogP contribution in [0.3, 0.4) is 0 Å².